The molecule has 1 amide bonds. The van der Waals surface area contributed by atoms with E-state index in [-0.39, 0.29) is 0 Å². The van der Waals surface area contributed by atoms with Crippen molar-refractivity contribution < 1.29 is 4.79 Å². The van der Waals surface area contributed by atoms with Crippen molar-refractivity contribution in [3.8, 4) is 0 Å². The van der Waals surface area contributed by atoms with Gasteiger partial charge in [0, 0.05) is 49.1 Å². The minimum absolute atomic E-state index is 0.371. The Morgan fingerprint density at radius 3 is 2.63 bits per heavy atom. The van der Waals surface area contributed by atoms with Crippen molar-refractivity contribution in [1.82, 2.24) is 15.5 Å². The maximum absolute atomic E-state index is 12.5. The number of nitrogens with one attached hydrogen (secondary N) is 2. The first-order chi connectivity index (χ1) is 9.33. The van der Waals surface area contributed by atoms with Crippen molar-refractivity contribution >= 4 is 17.7 Å². The zero-order valence-corrected chi connectivity index (χ0v) is 12.4. The second-order valence-corrected chi connectivity index (χ2v) is 7.15. The van der Waals surface area contributed by atoms with Gasteiger partial charge in [0.05, 0.1) is 0 Å². The molecule has 0 spiro atoms. The molecule has 5 heteroatoms. The Kier molecular flexibility index (Phi) is 4.66. The summed E-state index contributed by atoms with van der Waals surface area (Å²) in [4.78, 5) is 14.7. The number of carbonyl (C=O) groups excluding carboxylic acids is 1. The molecule has 0 radical (unpaired) electrons. The molecule has 3 rings (SSSR count). The molecule has 0 bridgehead atoms. The third-order valence-electron chi connectivity index (χ3n) is 4.31. The van der Waals surface area contributed by atoms with Crippen LogP contribution < -0.4 is 10.6 Å². The molecule has 108 valence electrons. The summed E-state index contributed by atoms with van der Waals surface area (Å²) in [5.41, 5.74) is 0. The lowest BCUT2D eigenvalue weighted by Crippen LogP contribution is -2.46. The number of rotatable bonds is 5. The highest BCUT2D eigenvalue weighted by molar-refractivity contribution is 7.99. The summed E-state index contributed by atoms with van der Waals surface area (Å²) in [6.07, 6.45) is 5.61. The van der Waals surface area contributed by atoms with Gasteiger partial charge in [-0.3, -0.25) is 4.79 Å². The Morgan fingerprint density at radius 1 is 1.16 bits per heavy atom. The van der Waals surface area contributed by atoms with Crippen LogP contribution >= 0.6 is 11.8 Å². The number of hydrogen-bond acceptors (Lipinski definition) is 4. The molecule has 2 saturated heterocycles. The maximum atomic E-state index is 12.5. The standard InChI is InChI=1S/C14H25N3OS/c18-14(8-12-10-19-7-6-16-12)17(13-3-4-13)9-11-2-1-5-15-11/h11-13,15-16H,1-10H2/t11-,12+/m0/s1. The van der Waals surface area contributed by atoms with E-state index in [9.17, 15) is 4.79 Å². The van der Waals surface area contributed by atoms with Gasteiger partial charge in [0.2, 0.25) is 5.91 Å². The molecule has 1 saturated carbocycles. The molecule has 3 fully saturated rings. The average molecular weight is 283 g/mol. The molecule has 19 heavy (non-hydrogen) atoms. The molecule has 2 heterocycles. The van der Waals surface area contributed by atoms with Gasteiger partial charge in [-0.15, -0.1) is 0 Å². The van der Waals surface area contributed by atoms with E-state index in [0.29, 0.717) is 30.5 Å². The maximum Gasteiger partial charge on any atom is 0.224 e. The number of thioether (sulfide) groups is 1. The Balaban J connectivity index is 1.51. The predicted molar refractivity (Wildman–Crippen MR) is 79.5 cm³/mol. The molecular formula is C14H25N3OS. The second kappa shape index (κ2) is 6.46. The van der Waals surface area contributed by atoms with Crippen molar-refractivity contribution in [3.05, 3.63) is 0 Å². The number of carbonyl (C=O) groups is 1. The average Bonchev–Trinajstić information content (AvgIpc) is 3.14. The third kappa shape index (κ3) is 3.86. The monoisotopic (exact) mass is 283 g/mol. The minimum Gasteiger partial charge on any atom is -0.338 e. The Morgan fingerprint density at radius 2 is 2.00 bits per heavy atom. The van der Waals surface area contributed by atoms with Gasteiger partial charge in [-0.2, -0.15) is 11.8 Å². The van der Waals surface area contributed by atoms with Gasteiger partial charge in [0.1, 0.15) is 0 Å². The van der Waals surface area contributed by atoms with Gasteiger partial charge in [0.25, 0.3) is 0 Å². The molecule has 2 aliphatic heterocycles. The molecule has 2 atom stereocenters. The van der Waals surface area contributed by atoms with Crippen LogP contribution in [0.2, 0.25) is 0 Å². The van der Waals surface area contributed by atoms with Crippen molar-refractivity contribution in [2.75, 3.05) is 31.1 Å². The van der Waals surface area contributed by atoms with E-state index in [4.69, 9.17) is 0 Å². The van der Waals surface area contributed by atoms with Gasteiger partial charge < -0.3 is 15.5 Å². The number of amides is 1. The molecule has 0 aromatic carbocycles. The van der Waals surface area contributed by atoms with Gasteiger partial charge >= 0.3 is 0 Å². The molecule has 4 nitrogen and oxygen atoms in total. The summed E-state index contributed by atoms with van der Waals surface area (Å²) >= 11 is 1.97. The van der Waals surface area contributed by atoms with Crippen molar-refractivity contribution in [2.24, 2.45) is 0 Å². The predicted octanol–water partition coefficient (Wildman–Crippen LogP) is 0.824. The van der Waals surface area contributed by atoms with Crippen molar-refractivity contribution in [3.63, 3.8) is 0 Å². The molecule has 0 unspecified atom stereocenters. The van der Waals surface area contributed by atoms with Crippen molar-refractivity contribution in [1.29, 1.82) is 0 Å². The first-order valence-corrected chi connectivity index (χ1v) is 8.82. The molecule has 0 aromatic heterocycles. The van der Waals surface area contributed by atoms with Crippen LogP contribution in [0.4, 0.5) is 0 Å². The summed E-state index contributed by atoms with van der Waals surface area (Å²) < 4.78 is 0. The lowest BCUT2D eigenvalue weighted by atomic mass is 10.1. The summed E-state index contributed by atoms with van der Waals surface area (Å²) in [5.74, 6) is 2.64. The van der Waals surface area contributed by atoms with Gasteiger partial charge in [0.15, 0.2) is 0 Å². The van der Waals surface area contributed by atoms with E-state index >= 15 is 0 Å². The number of hydrogen-bond donors (Lipinski definition) is 2. The quantitative estimate of drug-likeness (QED) is 0.784. The van der Waals surface area contributed by atoms with Crippen LogP contribution in [0.15, 0.2) is 0 Å². The lowest BCUT2D eigenvalue weighted by molar-refractivity contribution is -0.132. The van der Waals surface area contributed by atoms with E-state index in [2.05, 4.69) is 15.5 Å². The Labute approximate surface area is 120 Å². The Bertz CT molecular complexity index is 310. The fourth-order valence-corrected chi connectivity index (χ4v) is 4.02. The second-order valence-electron chi connectivity index (χ2n) is 6.00. The van der Waals surface area contributed by atoms with Crippen LogP contribution in [0.5, 0.6) is 0 Å². The SMILES string of the molecule is O=C(C[C@@H]1CSCCN1)N(C[C@@H]1CCCN1)C1CC1. The lowest BCUT2D eigenvalue weighted by Gasteiger charge is -2.29. The summed E-state index contributed by atoms with van der Waals surface area (Å²) in [6, 6.07) is 1.48. The van der Waals surface area contributed by atoms with E-state index < -0.39 is 0 Å². The molecule has 1 aliphatic carbocycles. The fourth-order valence-electron chi connectivity index (χ4n) is 3.07. The van der Waals surface area contributed by atoms with E-state index in [1.807, 2.05) is 11.8 Å². The molecule has 0 aromatic rings. The van der Waals surface area contributed by atoms with Crippen LogP contribution in [0.3, 0.4) is 0 Å². The van der Waals surface area contributed by atoms with Crippen LogP contribution in [0.25, 0.3) is 0 Å². The summed E-state index contributed by atoms with van der Waals surface area (Å²) in [6.45, 7) is 3.11. The summed E-state index contributed by atoms with van der Waals surface area (Å²) in [7, 11) is 0. The van der Waals surface area contributed by atoms with Gasteiger partial charge in [-0.1, -0.05) is 0 Å². The van der Waals surface area contributed by atoms with Crippen LogP contribution in [0, 0.1) is 0 Å². The van der Waals surface area contributed by atoms with Crippen LogP contribution in [0.1, 0.15) is 32.1 Å². The van der Waals surface area contributed by atoms with Gasteiger partial charge in [-0.25, -0.2) is 0 Å². The van der Waals surface area contributed by atoms with Crippen molar-refractivity contribution in [2.45, 2.75) is 50.2 Å². The zero-order chi connectivity index (χ0) is 13.1. The fraction of sp³-hybridized carbons (Fsp3) is 0.929. The summed E-state index contributed by atoms with van der Waals surface area (Å²) in [5, 5.41) is 6.99. The first kappa shape index (κ1) is 13.7. The topological polar surface area (TPSA) is 44.4 Å². The largest absolute Gasteiger partial charge is 0.338 e. The smallest absolute Gasteiger partial charge is 0.224 e. The minimum atomic E-state index is 0.371. The Hall–Kier alpha value is -0.260. The van der Waals surface area contributed by atoms with Gasteiger partial charge in [-0.05, 0) is 32.2 Å². The highest BCUT2D eigenvalue weighted by atomic mass is 32.2. The zero-order valence-electron chi connectivity index (χ0n) is 11.6. The van der Waals surface area contributed by atoms with Crippen LogP contribution in [-0.2, 0) is 4.79 Å². The van der Waals surface area contributed by atoms with E-state index in [1.54, 1.807) is 0 Å². The first-order valence-electron chi connectivity index (χ1n) is 7.67. The third-order valence-corrected chi connectivity index (χ3v) is 5.44. The highest BCUT2D eigenvalue weighted by Gasteiger charge is 2.35. The highest BCUT2D eigenvalue weighted by Crippen LogP contribution is 2.28. The van der Waals surface area contributed by atoms with E-state index in [1.165, 1.54) is 31.4 Å². The molecule has 3 aliphatic rings. The molecule has 2 N–H and O–H groups in total. The van der Waals surface area contributed by atoms with E-state index in [0.717, 1.165) is 25.4 Å². The molecular weight excluding hydrogens is 258 g/mol. The normalized spacial score (nSPS) is 31.4. The van der Waals surface area contributed by atoms with Crippen LogP contribution in [-0.4, -0.2) is 60.1 Å². The number of nitrogens with zero attached hydrogens (tertiary/aromatic N) is 1.